The third-order valence-corrected chi connectivity index (χ3v) is 5.46. The van der Waals surface area contributed by atoms with Gasteiger partial charge in [0.25, 0.3) is 11.8 Å². The first kappa shape index (κ1) is 22.7. The average molecular weight is 424 g/mol. The number of nitrogens with zero attached hydrogens (tertiary/aromatic N) is 2. The van der Waals surface area contributed by atoms with E-state index in [9.17, 15) is 9.59 Å². The summed E-state index contributed by atoms with van der Waals surface area (Å²) in [5, 5.41) is 2.88. The number of ether oxygens (including phenoxy) is 1. The van der Waals surface area contributed by atoms with Crippen molar-refractivity contribution >= 4 is 17.5 Å². The second kappa shape index (κ2) is 10.3. The lowest BCUT2D eigenvalue weighted by molar-refractivity contribution is 0.0633. The number of carbonyl (C=O) groups excluding carboxylic acids is 2. The zero-order valence-electron chi connectivity index (χ0n) is 18.9. The second-order valence-corrected chi connectivity index (χ2v) is 8.66. The molecule has 2 amide bonds. The number of hydrogen-bond donors (Lipinski definition) is 1. The maximum atomic E-state index is 12.9. The zero-order valence-corrected chi connectivity index (χ0v) is 18.9. The fourth-order valence-corrected chi connectivity index (χ4v) is 3.73. The van der Waals surface area contributed by atoms with Gasteiger partial charge in [-0.1, -0.05) is 0 Å². The van der Waals surface area contributed by atoms with Crippen LogP contribution in [0.1, 0.15) is 47.4 Å². The molecular weight excluding hydrogens is 390 g/mol. The molecule has 6 heteroatoms. The van der Waals surface area contributed by atoms with Crippen LogP contribution in [0.3, 0.4) is 0 Å². The number of anilines is 1. The van der Waals surface area contributed by atoms with Gasteiger partial charge in [-0.25, -0.2) is 0 Å². The number of likely N-dealkylation sites (tertiary alicyclic amines) is 1. The molecule has 1 aliphatic rings. The Morgan fingerprint density at radius 2 is 1.71 bits per heavy atom. The zero-order chi connectivity index (χ0) is 22.4. The van der Waals surface area contributed by atoms with E-state index in [1.54, 1.807) is 12.1 Å². The minimum absolute atomic E-state index is 0.0792. The number of carbonyl (C=O) groups is 2. The quantitative estimate of drug-likeness (QED) is 0.735. The van der Waals surface area contributed by atoms with Crippen LogP contribution in [0.15, 0.2) is 48.5 Å². The van der Waals surface area contributed by atoms with Crippen LogP contribution >= 0.6 is 0 Å². The van der Waals surface area contributed by atoms with E-state index in [0.717, 1.165) is 36.4 Å². The minimum Gasteiger partial charge on any atom is -0.493 e. The monoisotopic (exact) mass is 423 g/mol. The summed E-state index contributed by atoms with van der Waals surface area (Å²) >= 11 is 0. The number of benzene rings is 2. The highest BCUT2D eigenvalue weighted by Crippen LogP contribution is 2.22. The molecule has 1 fully saturated rings. The van der Waals surface area contributed by atoms with E-state index >= 15 is 0 Å². The van der Waals surface area contributed by atoms with Gasteiger partial charge < -0.3 is 19.9 Å². The van der Waals surface area contributed by atoms with Gasteiger partial charge in [0.1, 0.15) is 5.75 Å². The molecule has 1 aliphatic heterocycles. The third-order valence-electron chi connectivity index (χ3n) is 5.46. The van der Waals surface area contributed by atoms with E-state index in [4.69, 9.17) is 4.74 Å². The molecule has 2 aromatic rings. The summed E-state index contributed by atoms with van der Waals surface area (Å²) in [6, 6.07) is 15.1. The van der Waals surface area contributed by atoms with Crippen LogP contribution < -0.4 is 15.0 Å². The fourth-order valence-electron chi connectivity index (χ4n) is 3.73. The summed E-state index contributed by atoms with van der Waals surface area (Å²) in [7, 11) is 3.97. The lowest BCUT2D eigenvalue weighted by Gasteiger charge is -2.32. The largest absolute Gasteiger partial charge is 0.493 e. The van der Waals surface area contributed by atoms with Gasteiger partial charge in [0.15, 0.2) is 0 Å². The molecular formula is C25H33N3O3. The van der Waals surface area contributed by atoms with Crippen LogP contribution in [-0.2, 0) is 0 Å². The van der Waals surface area contributed by atoms with Gasteiger partial charge in [-0.05, 0) is 75.2 Å². The molecule has 0 spiro atoms. The van der Waals surface area contributed by atoms with Crippen molar-refractivity contribution in [3.63, 3.8) is 0 Å². The molecule has 2 aromatic carbocycles. The van der Waals surface area contributed by atoms with Gasteiger partial charge in [0.05, 0.1) is 6.61 Å². The number of nitrogens with one attached hydrogen (secondary N) is 1. The average Bonchev–Trinajstić information content (AvgIpc) is 2.77. The maximum absolute atomic E-state index is 12.9. The molecule has 1 N–H and O–H groups in total. The lowest BCUT2D eigenvalue weighted by atomic mass is 9.98. The summed E-state index contributed by atoms with van der Waals surface area (Å²) in [4.78, 5) is 28.9. The fraction of sp³-hybridized carbons (Fsp3) is 0.440. The van der Waals surface area contributed by atoms with Crippen LogP contribution in [0.25, 0.3) is 0 Å². The number of amides is 2. The summed E-state index contributed by atoms with van der Waals surface area (Å²) in [5.41, 5.74) is 2.42. The molecule has 6 nitrogen and oxygen atoms in total. The first-order valence-corrected chi connectivity index (χ1v) is 10.9. The molecule has 1 heterocycles. The highest BCUT2D eigenvalue weighted by Gasteiger charge is 2.25. The molecule has 0 radical (unpaired) electrons. The van der Waals surface area contributed by atoms with Crippen molar-refractivity contribution in [1.29, 1.82) is 0 Å². The smallest absolute Gasteiger partial charge is 0.253 e. The summed E-state index contributed by atoms with van der Waals surface area (Å²) < 4.78 is 5.96. The van der Waals surface area contributed by atoms with Crippen LogP contribution in [0.5, 0.6) is 5.75 Å². The van der Waals surface area contributed by atoms with E-state index in [-0.39, 0.29) is 17.9 Å². The Balaban J connectivity index is 1.52. The lowest BCUT2D eigenvalue weighted by Crippen LogP contribution is -2.41. The molecule has 1 atom stereocenters. The molecule has 166 valence electrons. The minimum atomic E-state index is -0.0819. The van der Waals surface area contributed by atoms with Gasteiger partial charge in [-0.3, -0.25) is 9.59 Å². The van der Waals surface area contributed by atoms with Crippen molar-refractivity contribution in [2.24, 2.45) is 5.92 Å². The Bertz CT molecular complexity index is 876. The van der Waals surface area contributed by atoms with Gasteiger partial charge >= 0.3 is 0 Å². The first-order valence-electron chi connectivity index (χ1n) is 10.9. The highest BCUT2D eigenvalue weighted by molar-refractivity contribution is 5.95. The van der Waals surface area contributed by atoms with E-state index in [2.05, 4.69) is 5.32 Å². The van der Waals surface area contributed by atoms with Crippen molar-refractivity contribution in [3.05, 3.63) is 59.7 Å². The van der Waals surface area contributed by atoms with E-state index in [1.165, 1.54) is 0 Å². The van der Waals surface area contributed by atoms with Gasteiger partial charge in [-0.15, -0.1) is 0 Å². The van der Waals surface area contributed by atoms with Crippen LogP contribution in [0.2, 0.25) is 0 Å². The van der Waals surface area contributed by atoms with Gasteiger partial charge in [0.2, 0.25) is 0 Å². The van der Waals surface area contributed by atoms with E-state index < -0.39 is 0 Å². The highest BCUT2D eigenvalue weighted by atomic mass is 16.5. The van der Waals surface area contributed by atoms with Gasteiger partial charge in [-0.2, -0.15) is 0 Å². The van der Waals surface area contributed by atoms with Crippen molar-refractivity contribution < 1.29 is 14.3 Å². The SMILES string of the molecule is CC(C)NC(=O)c1ccc(OC[C@@H]2CCCN(C(=O)c3ccc(N(C)C)cc3)C2)cc1. The molecule has 31 heavy (non-hydrogen) atoms. The molecule has 3 rings (SSSR count). The summed E-state index contributed by atoms with van der Waals surface area (Å²) in [6.45, 7) is 5.91. The Hall–Kier alpha value is -3.02. The Kier molecular flexibility index (Phi) is 7.55. The molecule has 0 saturated carbocycles. The topological polar surface area (TPSA) is 61.9 Å². The van der Waals surface area contributed by atoms with Crippen LogP contribution in [0, 0.1) is 5.92 Å². The first-order chi connectivity index (χ1) is 14.8. The predicted octanol–water partition coefficient (Wildman–Crippen LogP) is 3.82. The summed E-state index contributed by atoms with van der Waals surface area (Å²) in [5.74, 6) is 1.03. The molecule has 0 unspecified atom stereocenters. The Morgan fingerprint density at radius 3 is 2.32 bits per heavy atom. The third kappa shape index (κ3) is 6.23. The second-order valence-electron chi connectivity index (χ2n) is 8.66. The van der Waals surface area contributed by atoms with Crippen molar-refractivity contribution in [1.82, 2.24) is 10.2 Å². The van der Waals surface area contributed by atoms with Crippen LogP contribution in [-0.4, -0.2) is 56.5 Å². The molecule has 1 saturated heterocycles. The number of hydrogen-bond acceptors (Lipinski definition) is 4. The van der Waals surface area contributed by atoms with Crippen molar-refractivity contribution in [2.75, 3.05) is 38.7 Å². The standard InChI is InChI=1S/C25H33N3O3/c1-18(2)26-24(29)20-9-13-23(14-10-20)31-17-19-6-5-15-28(16-19)25(30)21-7-11-22(12-8-21)27(3)4/h7-14,18-19H,5-6,15-17H2,1-4H3,(H,26,29)/t19-/m1/s1. The number of piperidine rings is 1. The Labute approximate surface area is 185 Å². The maximum Gasteiger partial charge on any atom is 0.253 e. The predicted molar refractivity (Wildman–Crippen MR) is 124 cm³/mol. The molecule has 0 aliphatic carbocycles. The van der Waals surface area contributed by atoms with E-state index in [0.29, 0.717) is 24.6 Å². The van der Waals surface area contributed by atoms with Crippen LogP contribution in [0.4, 0.5) is 5.69 Å². The normalized spacial score (nSPS) is 16.2. The number of rotatable bonds is 7. The van der Waals surface area contributed by atoms with Crippen molar-refractivity contribution in [3.8, 4) is 5.75 Å². The van der Waals surface area contributed by atoms with E-state index in [1.807, 2.05) is 74.1 Å². The molecule has 0 aromatic heterocycles. The summed E-state index contributed by atoms with van der Waals surface area (Å²) in [6.07, 6.45) is 2.02. The van der Waals surface area contributed by atoms with Crippen molar-refractivity contribution in [2.45, 2.75) is 32.7 Å². The van der Waals surface area contributed by atoms with Gasteiger partial charge in [0, 0.05) is 56.0 Å². The Morgan fingerprint density at radius 1 is 1.06 bits per heavy atom. The molecule has 0 bridgehead atoms.